The number of halogens is 1. The quantitative estimate of drug-likeness (QED) is 0.643. The van der Waals surface area contributed by atoms with Crippen molar-refractivity contribution in [2.45, 2.75) is 30.7 Å². The molecule has 2 heterocycles. The van der Waals surface area contributed by atoms with Crippen LogP contribution < -0.4 is 5.32 Å². The molecule has 1 aliphatic heterocycles. The van der Waals surface area contributed by atoms with Crippen LogP contribution in [0.3, 0.4) is 0 Å². The number of rotatable bonds is 5. The molecule has 2 aromatic carbocycles. The van der Waals surface area contributed by atoms with E-state index in [1.807, 2.05) is 6.92 Å². The fourth-order valence-corrected chi connectivity index (χ4v) is 6.05. The standard InChI is InChI=1S/C21H20FN3O3S2/c1-14-19(15-9-11-16(22)12-10-15)23-21(29-14)24-20(26)18-8-5-13-25(18)30(27,28)17-6-3-2-4-7-17/h2-4,6-7,9-12,18H,5,8,13H2,1H3,(H,23,24,26). The molecule has 1 aliphatic rings. The van der Waals surface area contributed by atoms with Gasteiger partial charge in [-0.15, -0.1) is 11.3 Å². The summed E-state index contributed by atoms with van der Waals surface area (Å²) in [7, 11) is -3.76. The summed E-state index contributed by atoms with van der Waals surface area (Å²) in [6.45, 7) is 2.17. The molecule has 0 aliphatic carbocycles. The van der Waals surface area contributed by atoms with E-state index in [2.05, 4.69) is 10.3 Å². The molecule has 0 bridgehead atoms. The first-order chi connectivity index (χ1) is 14.4. The number of hydrogen-bond donors (Lipinski definition) is 1. The van der Waals surface area contributed by atoms with Gasteiger partial charge in [-0.3, -0.25) is 4.79 Å². The minimum atomic E-state index is -3.76. The number of carbonyl (C=O) groups is 1. The maximum atomic E-state index is 13.2. The van der Waals surface area contributed by atoms with E-state index < -0.39 is 22.0 Å². The number of hydrogen-bond acceptors (Lipinski definition) is 5. The van der Waals surface area contributed by atoms with Gasteiger partial charge >= 0.3 is 0 Å². The normalized spacial score (nSPS) is 17.2. The molecule has 9 heteroatoms. The van der Waals surface area contributed by atoms with E-state index in [4.69, 9.17) is 0 Å². The summed E-state index contributed by atoms with van der Waals surface area (Å²) in [4.78, 5) is 18.4. The number of aromatic nitrogens is 1. The highest BCUT2D eigenvalue weighted by atomic mass is 32.2. The first-order valence-electron chi connectivity index (χ1n) is 9.47. The van der Waals surface area contributed by atoms with Crippen LogP contribution in [-0.4, -0.2) is 36.2 Å². The van der Waals surface area contributed by atoms with Crippen molar-refractivity contribution in [3.8, 4) is 11.3 Å². The number of nitrogens with zero attached hydrogens (tertiary/aromatic N) is 2. The third-order valence-electron chi connectivity index (χ3n) is 5.00. The summed E-state index contributed by atoms with van der Waals surface area (Å²) < 4.78 is 40.4. The summed E-state index contributed by atoms with van der Waals surface area (Å²) in [6.07, 6.45) is 1.06. The van der Waals surface area contributed by atoms with E-state index in [1.54, 1.807) is 30.3 Å². The molecule has 4 rings (SSSR count). The predicted octanol–water partition coefficient (Wildman–Crippen LogP) is 4.05. The van der Waals surface area contributed by atoms with E-state index in [9.17, 15) is 17.6 Å². The second kappa shape index (κ2) is 8.25. The molecule has 6 nitrogen and oxygen atoms in total. The Kier molecular flexibility index (Phi) is 5.68. The molecule has 30 heavy (non-hydrogen) atoms. The largest absolute Gasteiger partial charge is 0.301 e. The van der Waals surface area contributed by atoms with Crippen LogP contribution in [0, 0.1) is 12.7 Å². The fraction of sp³-hybridized carbons (Fsp3) is 0.238. The Balaban J connectivity index is 1.54. The fourth-order valence-electron chi connectivity index (χ4n) is 3.53. The molecule has 156 valence electrons. The molecule has 1 N–H and O–H groups in total. The number of anilines is 1. The van der Waals surface area contributed by atoms with Crippen LogP contribution in [0.4, 0.5) is 9.52 Å². The smallest absolute Gasteiger partial charge is 0.244 e. The van der Waals surface area contributed by atoms with Crippen molar-refractivity contribution < 1.29 is 17.6 Å². The lowest BCUT2D eigenvalue weighted by Crippen LogP contribution is -2.43. The molecular weight excluding hydrogens is 425 g/mol. The summed E-state index contributed by atoms with van der Waals surface area (Å²) in [6, 6.07) is 13.3. The van der Waals surface area contributed by atoms with Crippen molar-refractivity contribution in [3.05, 3.63) is 65.3 Å². The lowest BCUT2D eigenvalue weighted by molar-refractivity contribution is -0.119. The van der Waals surface area contributed by atoms with Crippen molar-refractivity contribution >= 4 is 32.4 Å². The maximum Gasteiger partial charge on any atom is 0.244 e. The zero-order chi connectivity index (χ0) is 21.3. The molecule has 1 saturated heterocycles. The van der Waals surface area contributed by atoms with Crippen LogP contribution in [0.2, 0.25) is 0 Å². The second-order valence-corrected chi connectivity index (χ2v) is 10.1. The molecule has 1 amide bonds. The van der Waals surface area contributed by atoms with Crippen molar-refractivity contribution in [3.63, 3.8) is 0 Å². The highest BCUT2D eigenvalue weighted by Gasteiger charge is 2.39. The van der Waals surface area contributed by atoms with E-state index >= 15 is 0 Å². The Labute approximate surface area is 178 Å². The molecule has 0 radical (unpaired) electrons. The summed E-state index contributed by atoms with van der Waals surface area (Å²) in [5, 5.41) is 3.16. The molecule has 3 aromatic rings. The first-order valence-corrected chi connectivity index (χ1v) is 11.7. The van der Waals surface area contributed by atoms with Crippen molar-refractivity contribution in [2.75, 3.05) is 11.9 Å². The van der Waals surface area contributed by atoms with Gasteiger partial charge in [0.25, 0.3) is 0 Å². The summed E-state index contributed by atoms with van der Waals surface area (Å²) >= 11 is 1.30. The van der Waals surface area contributed by atoms with Gasteiger partial charge in [-0.05, 0) is 56.2 Å². The minimum absolute atomic E-state index is 0.174. The van der Waals surface area contributed by atoms with Gasteiger partial charge in [0.05, 0.1) is 10.6 Å². The Morgan fingerprint density at radius 2 is 1.87 bits per heavy atom. The molecule has 1 unspecified atom stereocenters. The van der Waals surface area contributed by atoms with Gasteiger partial charge in [-0.25, -0.2) is 17.8 Å². The second-order valence-electron chi connectivity index (χ2n) is 7.01. The average molecular weight is 446 g/mol. The zero-order valence-corrected chi connectivity index (χ0v) is 17.8. The van der Waals surface area contributed by atoms with Gasteiger partial charge in [-0.1, -0.05) is 18.2 Å². The number of nitrogens with one attached hydrogen (secondary N) is 1. The Bertz CT molecular complexity index is 1160. The van der Waals surface area contributed by atoms with Crippen molar-refractivity contribution in [2.24, 2.45) is 0 Å². The number of aryl methyl sites for hydroxylation is 1. The van der Waals surface area contributed by atoms with Crippen LogP contribution in [0.15, 0.2) is 59.5 Å². The van der Waals surface area contributed by atoms with Crippen LogP contribution >= 0.6 is 11.3 Å². The third kappa shape index (κ3) is 4.00. The monoisotopic (exact) mass is 445 g/mol. The average Bonchev–Trinajstić information content (AvgIpc) is 3.37. The lowest BCUT2D eigenvalue weighted by atomic mass is 10.1. The maximum absolute atomic E-state index is 13.2. The summed E-state index contributed by atoms with van der Waals surface area (Å²) in [5.74, 6) is -0.729. The van der Waals surface area contributed by atoms with E-state index in [1.165, 1.54) is 39.9 Å². The van der Waals surface area contributed by atoms with Crippen LogP contribution in [0.25, 0.3) is 11.3 Å². The van der Waals surface area contributed by atoms with Gasteiger partial charge in [-0.2, -0.15) is 4.31 Å². The van der Waals surface area contributed by atoms with E-state index in [0.29, 0.717) is 30.2 Å². The van der Waals surface area contributed by atoms with Gasteiger partial charge in [0, 0.05) is 17.0 Å². The highest BCUT2D eigenvalue weighted by molar-refractivity contribution is 7.89. The number of sulfonamides is 1. The van der Waals surface area contributed by atoms with E-state index in [-0.39, 0.29) is 10.7 Å². The van der Waals surface area contributed by atoms with Crippen LogP contribution in [-0.2, 0) is 14.8 Å². The first kappa shape index (κ1) is 20.6. The molecule has 0 saturated carbocycles. The SMILES string of the molecule is Cc1sc(NC(=O)C2CCCN2S(=O)(=O)c2ccccc2)nc1-c1ccc(F)cc1. The van der Waals surface area contributed by atoms with Gasteiger partial charge in [0.1, 0.15) is 11.9 Å². The summed E-state index contributed by atoms with van der Waals surface area (Å²) in [5.41, 5.74) is 1.41. The van der Waals surface area contributed by atoms with Crippen molar-refractivity contribution in [1.82, 2.24) is 9.29 Å². The number of amides is 1. The molecule has 1 atom stereocenters. The molecular formula is C21H20FN3O3S2. The predicted molar refractivity (Wildman–Crippen MR) is 114 cm³/mol. The van der Waals surface area contributed by atoms with Gasteiger partial charge < -0.3 is 5.32 Å². The lowest BCUT2D eigenvalue weighted by Gasteiger charge is -2.23. The Hall–Kier alpha value is -2.62. The molecule has 1 aromatic heterocycles. The van der Waals surface area contributed by atoms with Gasteiger partial charge in [0.2, 0.25) is 15.9 Å². The number of thiazole rings is 1. The molecule has 0 spiro atoms. The Morgan fingerprint density at radius 3 is 2.57 bits per heavy atom. The van der Waals surface area contributed by atoms with Crippen LogP contribution in [0.1, 0.15) is 17.7 Å². The minimum Gasteiger partial charge on any atom is -0.301 e. The topological polar surface area (TPSA) is 79.4 Å². The Morgan fingerprint density at radius 1 is 1.17 bits per heavy atom. The third-order valence-corrected chi connectivity index (χ3v) is 7.81. The number of carbonyl (C=O) groups excluding carboxylic acids is 1. The zero-order valence-electron chi connectivity index (χ0n) is 16.2. The van der Waals surface area contributed by atoms with Gasteiger partial charge in [0.15, 0.2) is 5.13 Å². The van der Waals surface area contributed by atoms with Crippen molar-refractivity contribution in [1.29, 1.82) is 0 Å². The van der Waals surface area contributed by atoms with E-state index in [0.717, 1.165) is 10.4 Å². The number of benzene rings is 2. The molecule has 1 fully saturated rings. The highest BCUT2D eigenvalue weighted by Crippen LogP contribution is 2.32. The van der Waals surface area contributed by atoms with Crippen LogP contribution in [0.5, 0.6) is 0 Å².